The molecule has 0 aliphatic carbocycles. The van der Waals surface area contributed by atoms with Gasteiger partial charge in [-0.05, 0) is 6.07 Å². The maximum absolute atomic E-state index is 12.1. The monoisotopic (exact) mass is 279 g/mol. The highest BCUT2D eigenvalue weighted by atomic mass is 32.1. The molecular formula is C15H21NO2S. The van der Waals surface area contributed by atoms with E-state index in [2.05, 4.69) is 11.8 Å². The predicted octanol–water partition coefficient (Wildman–Crippen LogP) is 2.49. The minimum atomic E-state index is -0.351. The lowest BCUT2D eigenvalue weighted by atomic mass is 9.95. The van der Waals surface area contributed by atoms with E-state index in [0.29, 0.717) is 13.0 Å². The zero-order chi connectivity index (χ0) is 14.5. The van der Waals surface area contributed by atoms with Crippen LogP contribution >= 0.6 is 11.3 Å². The van der Waals surface area contributed by atoms with E-state index in [1.807, 2.05) is 39.3 Å². The van der Waals surface area contributed by atoms with E-state index in [1.165, 1.54) is 0 Å². The number of thiophene rings is 1. The van der Waals surface area contributed by atoms with Crippen molar-refractivity contribution in [3.63, 3.8) is 0 Å². The third-order valence-corrected chi connectivity index (χ3v) is 3.43. The Balaban J connectivity index is 2.64. The van der Waals surface area contributed by atoms with Gasteiger partial charge in [-0.1, -0.05) is 32.6 Å². The van der Waals surface area contributed by atoms with Crippen molar-refractivity contribution in [1.29, 1.82) is 0 Å². The first-order chi connectivity index (χ1) is 8.84. The van der Waals surface area contributed by atoms with Gasteiger partial charge in [0.25, 0.3) is 0 Å². The highest BCUT2D eigenvalue weighted by molar-refractivity contribution is 7.10. The number of rotatable bonds is 3. The third-order valence-electron chi connectivity index (χ3n) is 2.50. The summed E-state index contributed by atoms with van der Waals surface area (Å²) in [4.78, 5) is 14.9. The van der Waals surface area contributed by atoms with E-state index in [-0.39, 0.29) is 17.9 Å². The standard InChI is InChI=1S/C15H21NO2S/c1-15(2,3)14(18)16(4)10-13-9-12(11-19-13)7-5-6-8-17/h9,11,17H,6,8,10H2,1-4H3. The van der Waals surface area contributed by atoms with Crippen molar-refractivity contribution in [2.24, 2.45) is 5.41 Å². The minimum Gasteiger partial charge on any atom is -0.395 e. The van der Waals surface area contributed by atoms with E-state index in [1.54, 1.807) is 16.2 Å². The molecule has 0 radical (unpaired) electrons. The molecule has 4 heteroatoms. The average Bonchev–Trinajstić information content (AvgIpc) is 2.75. The third kappa shape index (κ3) is 5.06. The molecule has 0 aliphatic rings. The maximum atomic E-state index is 12.1. The minimum absolute atomic E-state index is 0.0901. The zero-order valence-corrected chi connectivity index (χ0v) is 12.8. The quantitative estimate of drug-likeness (QED) is 0.864. The molecule has 0 saturated carbocycles. The second kappa shape index (κ2) is 6.74. The van der Waals surface area contributed by atoms with Gasteiger partial charge in [0.2, 0.25) is 5.91 Å². The molecule has 1 heterocycles. The first-order valence-corrected chi connectivity index (χ1v) is 7.15. The van der Waals surface area contributed by atoms with Crippen LogP contribution in [0.2, 0.25) is 0 Å². The van der Waals surface area contributed by atoms with Crippen LogP contribution in [0.15, 0.2) is 11.4 Å². The fourth-order valence-corrected chi connectivity index (χ4v) is 2.50. The Kier molecular flexibility index (Phi) is 5.59. The highest BCUT2D eigenvalue weighted by Gasteiger charge is 2.25. The van der Waals surface area contributed by atoms with Gasteiger partial charge >= 0.3 is 0 Å². The van der Waals surface area contributed by atoms with Crippen molar-refractivity contribution in [3.05, 3.63) is 21.9 Å². The molecule has 1 rings (SSSR count). The van der Waals surface area contributed by atoms with Gasteiger partial charge in [0.1, 0.15) is 0 Å². The first kappa shape index (κ1) is 15.7. The Morgan fingerprint density at radius 1 is 1.47 bits per heavy atom. The topological polar surface area (TPSA) is 40.5 Å². The molecule has 1 amide bonds. The fraction of sp³-hybridized carbons (Fsp3) is 0.533. The molecule has 19 heavy (non-hydrogen) atoms. The lowest BCUT2D eigenvalue weighted by Crippen LogP contribution is -2.35. The summed E-state index contributed by atoms with van der Waals surface area (Å²) in [7, 11) is 1.82. The molecule has 0 spiro atoms. The summed E-state index contributed by atoms with van der Waals surface area (Å²) in [6.07, 6.45) is 0.494. The Bertz CT molecular complexity index is 488. The van der Waals surface area contributed by atoms with Crippen molar-refractivity contribution in [1.82, 2.24) is 4.90 Å². The van der Waals surface area contributed by atoms with Crippen LogP contribution in [0.5, 0.6) is 0 Å². The van der Waals surface area contributed by atoms with Crippen LogP contribution in [0, 0.1) is 17.3 Å². The second-order valence-corrected chi connectivity index (χ2v) is 6.48. The van der Waals surface area contributed by atoms with Crippen LogP contribution in [0.1, 0.15) is 37.6 Å². The number of carbonyl (C=O) groups is 1. The number of carbonyl (C=O) groups excluding carboxylic acids is 1. The van der Waals surface area contributed by atoms with Gasteiger partial charge in [-0.2, -0.15) is 0 Å². The molecule has 104 valence electrons. The number of hydrogen-bond donors (Lipinski definition) is 1. The lowest BCUT2D eigenvalue weighted by molar-refractivity contribution is -0.138. The van der Waals surface area contributed by atoms with E-state index < -0.39 is 0 Å². The van der Waals surface area contributed by atoms with Crippen LogP contribution in [0.4, 0.5) is 0 Å². The van der Waals surface area contributed by atoms with Gasteiger partial charge in [-0.25, -0.2) is 0 Å². The molecule has 0 bridgehead atoms. The van der Waals surface area contributed by atoms with Gasteiger partial charge in [-0.3, -0.25) is 4.79 Å². The lowest BCUT2D eigenvalue weighted by Gasteiger charge is -2.25. The number of hydrogen-bond acceptors (Lipinski definition) is 3. The van der Waals surface area contributed by atoms with Crippen LogP contribution in [0.3, 0.4) is 0 Å². The summed E-state index contributed by atoms with van der Waals surface area (Å²) in [6, 6.07) is 2.00. The van der Waals surface area contributed by atoms with Crippen molar-refractivity contribution in [2.75, 3.05) is 13.7 Å². The molecule has 0 saturated heterocycles. The van der Waals surface area contributed by atoms with E-state index >= 15 is 0 Å². The van der Waals surface area contributed by atoms with Gasteiger partial charge in [-0.15, -0.1) is 11.3 Å². The number of aliphatic hydroxyl groups is 1. The molecule has 0 fully saturated rings. The van der Waals surface area contributed by atoms with E-state index in [4.69, 9.17) is 5.11 Å². The normalized spacial score (nSPS) is 10.8. The van der Waals surface area contributed by atoms with Crippen molar-refractivity contribution >= 4 is 17.2 Å². The summed E-state index contributed by atoms with van der Waals surface area (Å²) in [5.41, 5.74) is 0.598. The fourth-order valence-electron chi connectivity index (χ4n) is 1.63. The second-order valence-electron chi connectivity index (χ2n) is 5.49. The van der Waals surface area contributed by atoms with E-state index in [0.717, 1.165) is 10.4 Å². The van der Waals surface area contributed by atoms with Crippen LogP contribution in [-0.4, -0.2) is 29.6 Å². The van der Waals surface area contributed by atoms with Gasteiger partial charge in [0, 0.05) is 34.7 Å². The number of nitrogens with zero attached hydrogens (tertiary/aromatic N) is 1. The van der Waals surface area contributed by atoms with Crippen LogP contribution < -0.4 is 0 Å². The maximum Gasteiger partial charge on any atom is 0.228 e. The molecule has 1 N–H and O–H groups in total. The summed E-state index contributed by atoms with van der Waals surface area (Å²) >= 11 is 1.61. The zero-order valence-electron chi connectivity index (χ0n) is 12.0. The Labute approximate surface area is 119 Å². The van der Waals surface area contributed by atoms with Crippen molar-refractivity contribution in [2.45, 2.75) is 33.7 Å². The van der Waals surface area contributed by atoms with Gasteiger partial charge in [0.05, 0.1) is 13.2 Å². The van der Waals surface area contributed by atoms with E-state index in [9.17, 15) is 4.79 Å². The SMILES string of the molecule is CN(Cc1cc(C#CCCO)cs1)C(=O)C(C)(C)C. The predicted molar refractivity (Wildman–Crippen MR) is 78.8 cm³/mol. The van der Waals surface area contributed by atoms with Crippen molar-refractivity contribution in [3.8, 4) is 11.8 Å². The summed E-state index contributed by atoms with van der Waals surface area (Å²) in [5.74, 6) is 6.02. The summed E-state index contributed by atoms with van der Waals surface area (Å²) < 4.78 is 0. The highest BCUT2D eigenvalue weighted by Crippen LogP contribution is 2.20. The molecule has 1 aromatic rings. The smallest absolute Gasteiger partial charge is 0.228 e. The Hall–Kier alpha value is -1.31. The van der Waals surface area contributed by atoms with Gasteiger partial charge < -0.3 is 10.0 Å². The van der Waals surface area contributed by atoms with Crippen LogP contribution in [0.25, 0.3) is 0 Å². The summed E-state index contributed by atoms with van der Waals surface area (Å²) in [5, 5.41) is 10.6. The first-order valence-electron chi connectivity index (χ1n) is 6.27. The Morgan fingerprint density at radius 2 is 2.16 bits per heavy atom. The molecular weight excluding hydrogens is 258 g/mol. The average molecular weight is 279 g/mol. The molecule has 0 aromatic carbocycles. The summed E-state index contributed by atoms with van der Waals surface area (Å²) in [6.45, 7) is 6.47. The van der Waals surface area contributed by atoms with Crippen LogP contribution in [-0.2, 0) is 11.3 Å². The number of aliphatic hydroxyl groups excluding tert-OH is 1. The molecule has 0 unspecified atom stereocenters. The largest absolute Gasteiger partial charge is 0.395 e. The molecule has 0 atom stereocenters. The molecule has 0 aliphatic heterocycles. The molecule has 3 nitrogen and oxygen atoms in total. The van der Waals surface area contributed by atoms with Gasteiger partial charge in [0.15, 0.2) is 0 Å². The molecule has 1 aromatic heterocycles. The number of amides is 1. The Morgan fingerprint density at radius 3 is 2.74 bits per heavy atom. The van der Waals surface area contributed by atoms with Crippen molar-refractivity contribution < 1.29 is 9.90 Å².